The monoisotopic (exact) mass is 297 g/mol. The van der Waals surface area contributed by atoms with E-state index >= 15 is 0 Å². The van der Waals surface area contributed by atoms with E-state index in [-0.39, 0.29) is 25.2 Å². The van der Waals surface area contributed by atoms with Gasteiger partial charge in [0.2, 0.25) is 5.91 Å². The SMILES string of the molecule is CC.CC.CC(=O)NCB1OC2[C@H]3C[C@@H](C[C@H]2O1)C3(C)C. The largest absolute Gasteiger partial charge is 0.478 e. The van der Waals surface area contributed by atoms with Crippen LogP contribution < -0.4 is 5.32 Å². The van der Waals surface area contributed by atoms with Crippen LogP contribution in [0.2, 0.25) is 0 Å². The van der Waals surface area contributed by atoms with Gasteiger partial charge in [0.25, 0.3) is 0 Å². The Balaban J connectivity index is 0.000000510. The Hall–Kier alpha value is -0.545. The van der Waals surface area contributed by atoms with Gasteiger partial charge >= 0.3 is 7.12 Å². The van der Waals surface area contributed by atoms with E-state index in [2.05, 4.69) is 19.2 Å². The van der Waals surface area contributed by atoms with Crippen LogP contribution in [0.15, 0.2) is 0 Å². The lowest BCUT2D eigenvalue weighted by molar-refractivity contribution is -0.150. The summed E-state index contributed by atoms with van der Waals surface area (Å²) < 4.78 is 11.8. The third-order valence-electron chi connectivity index (χ3n) is 4.98. The fraction of sp³-hybridized carbons (Fsp3) is 0.938. The molecule has 21 heavy (non-hydrogen) atoms. The van der Waals surface area contributed by atoms with E-state index in [1.54, 1.807) is 0 Å². The van der Waals surface area contributed by atoms with Crippen molar-refractivity contribution in [2.75, 3.05) is 6.44 Å². The highest BCUT2D eigenvalue weighted by molar-refractivity contribution is 6.45. The zero-order valence-corrected chi connectivity index (χ0v) is 14.7. The topological polar surface area (TPSA) is 47.6 Å². The highest BCUT2D eigenvalue weighted by atomic mass is 16.7. The number of carbonyl (C=O) groups excluding carboxylic acids is 1. The van der Waals surface area contributed by atoms with Crippen LogP contribution in [0, 0.1) is 17.3 Å². The lowest BCUT2D eigenvalue weighted by atomic mass is 9.47. The fourth-order valence-electron chi connectivity index (χ4n) is 3.73. The maximum Gasteiger partial charge on any atom is 0.478 e. The van der Waals surface area contributed by atoms with Crippen molar-refractivity contribution in [1.82, 2.24) is 5.32 Å². The molecule has 2 bridgehead atoms. The first-order chi connectivity index (χ1) is 9.98. The molecule has 3 aliphatic carbocycles. The number of amides is 1. The second kappa shape index (κ2) is 7.64. The molecule has 1 amide bonds. The number of rotatable bonds is 2. The maximum atomic E-state index is 10.9. The average molecular weight is 297 g/mol. The molecular formula is C16H32BNO3. The van der Waals surface area contributed by atoms with Gasteiger partial charge in [-0.1, -0.05) is 41.5 Å². The van der Waals surface area contributed by atoms with Gasteiger partial charge in [-0.15, -0.1) is 0 Å². The molecule has 1 N–H and O–H groups in total. The van der Waals surface area contributed by atoms with Gasteiger partial charge in [0.1, 0.15) is 0 Å². The molecule has 3 saturated carbocycles. The van der Waals surface area contributed by atoms with Crippen LogP contribution in [0.25, 0.3) is 0 Å². The normalized spacial score (nSPS) is 34.3. The summed E-state index contributed by atoms with van der Waals surface area (Å²) in [6.07, 6.45) is 3.37. The lowest BCUT2D eigenvalue weighted by Gasteiger charge is -2.60. The van der Waals surface area contributed by atoms with Gasteiger partial charge in [-0.3, -0.25) is 4.79 Å². The zero-order valence-electron chi connectivity index (χ0n) is 14.7. The van der Waals surface area contributed by atoms with Crippen LogP contribution in [-0.2, 0) is 14.1 Å². The Morgan fingerprint density at radius 3 is 2.33 bits per heavy atom. The Morgan fingerprint density at radius 1 is 1.19 bits per heavy atom. The van der Waals surface area contributed by atoms with Crippen LogP contribution in [0.4, 0.5) is 0 Å². The van der Waals surface area contributed by atoms with E-state index in [1.165, 1.54) is 13.3 Å². The van der Waals surface area contributed by atoms with Gasteiger partial charge in [-0.25, -0.2) is 0 Å². The molecule has 4 rings (SSSR count). The molecule has 1 aliphatic heterocycles. The predicted molar refractivity (Wildman–Crippen MR) is 86.9 cm³/mol. The van der Waals surface area contributed by atoms with Crippen molar-refractivity contribution in [3.05, 3.63) is 0 Å². The van der Waals surface area contributed by atoms with Gasteiger partial charge in [0.15, 0.2) is 0 Å². The molecular weight excluding hydrogens is 265 g/mol. The summed E-state index contributed by atoms with van der Waals surface area (Å²) in [5.41, 5.74) is 0.410. The highest BCUT2D eigenvalue weighted by Crippen LogP contribution is 2.61. The molecule has 4 nitrogen and oxygen atoms in total. The fourth-order valence-corrected chi connectivity index (χ4v) is 3.73. The third kappa shape index (κ3) is 3.62. The second-order valence-electron chi connectivity index (χ2n) is 6.24. The zero-order chi connectivity index (χ0) is 16.2. The Kier molecular flexibility index (Phi) is 6.73. The van der Waals surface area contributed by atoms with Crippen molar-refractivity contribution in [3.8, 4) is 0 Å². The molecule has 0 aromatic rings. The maximum absolute atomic E-state index is 10.9. The molecule has 5 heteroatoms. The van der Waals surface area contributed by atoms with Crippen molar-refractivity contribution in [1.29, 1.82) is 0 Å². The first-order valence-electron chi connectivity index (χ1n) is 8.54. The highest BCUT2D eigenvalue weighted by Gasteiger charge is 2.61. The standard InChI is InChI=1S/C12H20BNO3.2C2H6/c1-7(15)14-6-13-16-10-5-8-4-9(11(10)17-13)12(8,2)3;2*1-2/h8-11H,4-6H2,1-3H3,(H,14,15);2*1-2H3/t8-,9+,10+,11?;;/m0../s1. The smallest absolute Gasteiger partial charge is 0.405 e. The third-order valence-corrected chi connectivity index (χ3v) is 4.98. The van der Waals surface area contributed by atoms with Crippen molar-refractivity contribution < 1.29 is 14.1 Å². The summed E-state index contributed by atoms with van der Waals surface area (Å²) in [6.45, 7) is 14.2. The molecule has 1 unspecified atom stereocenters. The molecule has 1 heterocycles. The van der Waals surface area contributed by atoms with Gasteiger partial charge in [-0.2, -0.15) is 0 Å². The van der Waals surface area contributed by atoms with Gasteiger partial charge in [0, 0.05) is 6.92 Å². The van der Waals surface area contributed by atoms with Crippen LogP contribution in [0.5, 0.6) is 0 Å². The summed E-state index contributed by atoms with van der Waals surface area (Å²) >= 11 is 0. The van der Waals surface area contributed by atoms with Crippen molar-refractivity contribution in [3.63, 3.8) is 0 Å². The van der Waals surface area contributed by atoms with E-state index in [1.807, 2.05) is 27.7 Å². The first-order valence-corrected chi connectivity index (χ1v) is 8.54. The Labute approximate surface area is 130 Å². The van der Waals surface area contributed by atoms with Gasteiger partial charge in [-0.05, 0) is 30.1 Å². The van der Waals surface area contributed by atoms with Gasteiger partial charge < -0.3 is 14.6 Å². The first kappa shape index (κ1) is 18.5. The number of hydrogen-bond donors (Lipinski definition) is 1. The van der Waals surface area contributed by atoms with Gasteiger partial charge in [0.05, 0.1) is 18.7 Å². The minimum atomic E-state index is -0.246. The second-order valence-corrected chi connectivity index (χ2v) is 6.24. The van der Waals surface area contributed by atoms with E-state index in [9.17, 15) is 4.79 Å². The molecule has 0 aromatic carbocycles. The summed E-state index contributed by atoms with van der Waals surface area (Å²) in [6, 6.07) is 0. The molecule has 0 spiro atoms. The number of hydrogen-bond acceptors (Lipinski definition) is 3. The minimum Gasteiger partial charge on any atom is -0.405 e. The Morgan fingerprint density at radius 2 is 1.81 bits per heavy atom. The average Bonchev–Trinajstić information content (AvgIpc) is 2.91. The summed E-state index contributed by atoms with van der Waals surface area (Å²) in [5.74, 6) is 1.39. The summed E-state index contributed by atoms with van der Waals surface area (Å²) in [4.78, 5) is 10.9. The quantitative estimate of drug-likeness (QED) is 0.797. The molecule has 4 aliphatic rings. The van der Waals surface area contributed by atoms with Crippen LogP contribution in [-0.4, -0.2) is 31.7 Å². The van der Waals surface area contributed by atoms with E-state index in [4.69, 9.17) is 9.31 Å². The Bertz CT molecular complexity index is 348. The summed E-state index contributed by atoms with van der Waals surface area (Å²) in [7, 11) is -0.246. The number of nitrogens with one attached hydrogen (secondary N) is 1. The van der Waals surface area contributed by atoms with E-state index < -0.39 is 0 Å². The van der Waals surface area contributed by atoms with E-state index in [0.717, 1.165) is 12.3 Å². The van der Waals surface area contributed by atoms with Crippen LogP contribution in [0.1, 0.15) is 61.3 Å². The molecule has 0 radical (unpaired) electrons. The van der Waals surface area contributed by atoms with Crippen LogP contribution >= 0.6 is 0 Å². The molecule has 4 fully saturated rings. The minimum absolute atomic E-state index is 0.0308. The van der Waals surface area contributed by atoms with E-state index in [0.29, 0.717) is 17.8 Å². The predicted octanol–water partition coefficient (Wildman–Crippen LogP) is 3.05. The van der Waals surface area contributed by atoms with Crippen molar-refractivity contribution >= 4 is 13.0 Å². The molecule has 122 valence electrons. The lowest BCUT2D eigenvalue weighted by Crippen LogP contribution is -2.59. The van der Waals surface area contributed by atoms with Crippen LogP contribution in [0.3, 0.4) is 0 Å². The van der Waals surface area contributed by atoms with Crippen molar-refractivity contribution in [2.45, 2.75) is 73.5 Å². The summed E-state index contributed by atoms with van der Waals surface area (Å²) in [5, 5.41) is 2.76. The number of carbonyl (C=O) groups is 1. The molecule has 4 atom stereocenters. The van der Waals surface area contributed by atoms with Crippen molar-refractivity contribution in [2.24, 2.45) is 17.3 Å². The molecule has 1 saturated heterocycles. The molecule has 0 aromatic heterocycles.